The van der Waals surface area contributed by atoms with Gasteiger partial charge in [0.1, 0.15) is 6.29 Å². The van der Waals surface area contributed by atoms with E-state index in [4.69, 9.17) is 23.2 Å². The van der Waals surface area contributed by atoms with Gasteiger partial charge in [-0.15, -0.1) is 11.3 Å². The molecule has 126 valence electrons. The quantitative estimate of drug-likeness (QED) is 0.612. The number of hydrogen-bond donors (Lipinski definition) is 0. The topological polar surface area (TPSA) is 51.4 Å². The summed E-state index contributed by atoms with van der Waals surface area (Å²) in [6, 6.07) is 11.7. The van der Waals surface area contributed by atoms with Crippen molar-refractivity contribution in [3.8, 4) is 11.3 Å². The normalized spacial score (nSPS) is 11.6. The Labute approximate surface area is 158 Å². The summed E-state index contributed by atoms with van der Waals surface area (Å²) in [6.45, 7) is 0. The molecule has 0 spiro atoms. The van der Waals surface area contributed by atoms with Crippen LogP contribution in [0.4, 0.5) is 0 Å². The van der Waals surface area contributed by atoms with Crippen LogP contribution < -0.4 is 4.80 Å². The molecule has 0 unspecified atom stereocenters. The number of aromatic nitrogens is 1. The third kappa shape index (κ3) is 3.74. The lowest BCUT2D eigenvalue weighted by Gasteiger charge is -2.04. The van der Waals surface area contributed by atoms with Crippen LogP contribution in [0.5, 0.6) is 0 Å². The Bertz CT molecular complexity index is 1020. The first-order valence-corrected chi connectivity index (χ1v) is 8.87. The van der Waals surface area contributed by atoms with Gasteiger partial charge in [0, 0.05) is 29.1 Å². The Morgan fingerprint density at radius 1 is 1.12 bits per heavy atom. The lowest BCUT2D eigenvalue weighted by Crippen LogP contribution is -2.14. The largest absolute Gasteiger partial charge is 0.319 e. The zero-order chi connectivity index (χ0) is 18.0. The van der Waals surface area contributed by atoms with Gasteiger partial charge in [0.05, 0.1) is 15.7 Å². The van der Waals surface area contributed by atoms with Gasteiger partial charge in [-0.2, -0.15) is 4.99 Å². The molecule has 1 aromatic heterocycles. The minimum Gasteiger partial charge on any atom is -0.319 e. The van der Waals surface area contributed by atoms with Crippen LogP contribution in [0.1, 0.15) is 20.7 Å². The second-order valence-electron chi connectivity index (χ2n) is 5.25. The van der Waals surface area contributed by atoms with E-state index in [0.29, 0.717) is 26.0 Å². The Morgan fingerprint density at radius 3 is 2.48 bits per heavy atom. The van der Waals surface area contributed by atoms with Gasteiger partial charge in [-0.25, -0.2) is 0 Å². The molecular formula is C18H12Cl2N2O2S. The third-order valence-corrected chi connectivity index (χ3v) is 5.29. The summed E-state index contributed by atoms with van der Waals surface area (Å²) in [5, 5.41) is 2.86. The minimum atomic E-state index is -0.365. The maximum absolute atomic E-state index is 12.3. The fourth-order valence-electron chi connectivity index (χ4n) is 2.24. The number of nitrogens with zero attached hydrogens (tertiary/aromatic N) is 2. The summed E-state index contributed by atoms with van der Waals surface area (Å²) in [5.41, 5.74) is 2.71. The summed E-state index contributed by atoms with van der Waals surface area (Å²) < 4.78 is 1.82. The second-order valence-corrected chi connectivity index (χ2v) is 6.90. The Balaban J connectivity index is 1.96. The van der Waals surface area contributed by atoms with E-state index in [-0.39, 0.29) is 5.91 Å². The van der Waals surface area contributed by atoms with Crippen LogP contribution in [-0.2, 0) is 7.05 Å². The van der Waals surface area contributed by atoms with Crippen molar-refractivity contribution in [3.63, 3.8) is 0 Å². The molecule has 0 aliphatic rings. The number of benzene rings is 2. The van der Waals surface area contributed by atoms with Gasteiger partial charge >= 0.3 is 0 Å². The molecule has 0 aliphatic carbocycles. The van der Waals surface area contributed by atoms with E-state index in [1.165, 1.54) is 11.3 Å². The van der Waals surface area contributed by atoms with Gasteiger partial charge in [0.15, 0.2) is 4.80 Å². The first-order valence-electron chi connectivity index (χ1n) is 7.24. The predicted octanol–water partition coefficient (Wildman–Crippen LogP) is 4.61. The molecular weight excluding hydrogens is 379 g/mol. The van der Waals surface area contributed by atoms with Crippen LogP contribution in [-0.4, -0.2) is 16.8 Å². The van der Waals surface area contributed by atoms with Crippen LogP contribution in [0.15, 0.2) is 52.8 Å². The summed E-state index contributed by atoms with van der Waals surface area (Å²) in [6.07, 6.45) is 0.730. The Hall–Kier alpha value is -2.21. The predicted molar refractivity (Wildman–Crippen MR) is 100 cm³/mol. The van der Waals surface area contributed by atoms with Crippen LogP contribution in [0, 0.1) is 0 Å². The highest BCUT2D eigenvalue weighted by Crippen LogP contribution is 2.28. The van der Waals surface area contributed by atoms with Crippen LogP contribution in [0.2, 0.25) is 10.0 Å². The molecule has 0 aliphatic heterocycles. The lowest BCUT2D eigenvalue weighted by molar-refractivity contribution is 0.0997. The molecule has 3 aromatic rings. The van der Waals surface area contributed by atoms with Gasteiger partial charge in [-0.1, -0.05) is 41.4 Å². The van der Waals surface area contributed by atoms with E-state index in [0.717, 1.165) is 17.5 Å². The molecule has 0 saturated carbocycles. The standard InChI is InChI=1S/C18H12Cl2N2O2S/c1-22-16(13-6-7-14(19)15(20)8-13)10-25-18(22)21-17(24)12-4-2-11(9-23)3-5-12/h2-10H,1H3. The molecule has 0 bridgehead atoms. The van der Waals surface area contributed by atoms with Gasteiger partial charge in [-0.3, -0.25) is 9.59 Å². The Morgan fingerprint density at radius 2 is 1.84 bits per heavy atom. The van der Waals surface area contributed by atoms with Gasteiger partial charge in [0.2, 0.25) is 0 Å². The third-order valence-electron chi connectivity index (χ3n) is 3.63. The smallest absolute Gasteiger partial charge is 0.279 e. The molecule has 0 atom stereocenters. The van der Waals surface area contributed by atoms with Crippen molar-refractivity contribution in [2.24, 2.45) is 12.0 Å². The molecule has 3 rings (SSSR count). The molecule has 2 aromatic carbocycles. The maximum atomic E-state index is 12.3. The number of aldehydes is 1. The van der Waals surface area contributed by atoms with E-state index in [1.54, 1.807) is 36.4 Å². The summed E-state index contributed by atoms with van der Waals surface area (Å²) in [4.78, 5) is 27.7. The average molecular weight is 391 g/mol. The van der Waals surface area contributed by atoms with E-state index < -0.39 is 0 Å². The summed E-state index contributed by atoms with van der Waals surface area (Å²) in [5.74, 6) is -0.365. The number of amides is 1. The fourth-order valence-corrected chi connectivity index (χ4v) is 3.45. The van der Waals surface area contributed by atoms with Crippen molar-refractivity contribution in [3.05, 3.63) is 73.8 Å². The lowest BCUT2D eigenvalue weighted by atomic mass is 10.1. The van der Waals surface area contributed by atoms with Crippen molar-refractivity contribution in [2.75, 3.05) is 0 Å². The van der Waals surface area contributed by atoms with Crippen LogP contribution >= 0.6 is 34.5 Å². The first kappa shape index (κ1) is 17.6. The molecule has 25 heavy (non-hydrogen) atoms. The molecule has 0 fully saturated rings. The van der Waals surface area contributed by atoms with E-state index in [9.17, 15) is 9.59 Å². The highest BCUT2D eigenvalue weighted by Gasteiger charge is 2.09. The van der Waals surface area contributed by atoms with Crippen LogP contribution in [0.25, 0.3) is 11.3 Å². The van der Waals surface area contributed by atoms with Crippen molar-refractivity contribution in [2.45, 2.75) is 0 Å². The number of carbonyl (C=O) groups excluding carboxylic acids is 2. The van der Waals surface area contributed by atoms with Crippen molar-refractivity contribution in [1.29, 1.82) is 0 Å². The van der Waals surface area contributed by atoms with Crippen LogP contribution in [0.3, 0.4) is 0 Å². The highest BCUT2D eigenvalue weighted by molar-refractivity contribution is 7.07. The molecule has 0 radical (unpaired) electrons. The number of carbonyl (C=O) groups is 2. The zero-order valence-electron chi connectivity index (χ0n) is 13.1. The van der Waals surface area contributed by atoms with Crippen molar-refractivity contribution >= 4 is 46.7 Å². The van der Waals surface area contributed by atoms with E-state index >= 15 is 0 Å². The zero-order valence-corrected chi connectivity index (χ0v) is 15.4. The Kier molecular flexibility index (Phi) is 5.18. The monoisotopic (exact) mass is 390 g/mol. The second kappa shape index (κ2) is 7.35. The van der Waals surface area contributed by atoms with Crippen molar-refractivity contribution < 1.29 is 9.59 Å². The molecule has 0 saturated heterocycles. The molecule has 1 heterocycles. The molecule has 4 nitrogen and oxygen atoms in total. The molecule has 7 heteroatoms. The number of rotatable bonds is 3. The van der Waals surface area contributed by atoms with Gasteiger partial charge in [0.25, 0.3) is 5.91 Å². The SMILES string of the molecule is Cn1c(-c2ccc(Cl)c(Cl)c2)csc1=NC(=O)c1ccc(C=O)cc1. The van der Waals surface area contributed by atoms with Gasteiger partial charge < -0.3 is 4.57 Å². The maximum Gasteiger partial charge on any atom is 0.279 e. The summed E-state index contributed by atoms with van der Waals surface area (Å²) >= 11 is 13.4. The minimum absolute atomic E-state index is 0.365. The molecule has 0 N–H and O–H groups in total. The molecule has 1 amide bonds. The van der Waals surface area contributed by atoms with E-state index in [1.807, 2.05) is 23.1 Å². The fraction of sp³-hybridized carbons (Fsp3) is 0.0556. The number of thiazole rings is 1. The summed E-state index contributed by atoms with van der Waals surface area (Å²) in [7, 11) is 1.83. The van der Waals surface area contributed by atoms with Gasteiger partial charge in [-0.05, 0) is 24.3 Å². The van der Waals surface area contributed by atoms with E-state index in [2.05, 4.69) is 4.99 Å². The van der Waals surface area contributed by atoms with Crippen molar-refractivity contribution in [1.82, 2.24) is 4.57 Å². The number of hydrogen-bond acceptors (Lipinski definition) is 3. The average Bonchev–Trinajstić information content (AvgIpc) is 2.98. The highest BCUT2D eigenvalue weighted by atomic mass is 35.5. The number of halogens is 2. The first-order chi connectivity index (χ1) is 12.0.